The van der Waals surface area contributed by atoms with Crippen LogP contribution in [0.25, 0.3) is 0 Å². The van der Waals surface area contributed by atoms with Gasteiger partial charge in [0.1, 0.15) is 41.2 Å². The van der Waals surface area contributed by atoms with Crippen LogP contribution in [0, 0.1) is 11.3 Å². The van der Waals surface area contributed by atoms with Crippen molar-refractivity contribution >= 4 is 14.3 Å². The van der Waals surface area contributed by atoms with E-state index in [2.05, 4.69) is 15.7 Å². The van der Waals surface area contributed by atoms with Crippen molar-refractivity contribution in [3.05, 3.63) is 118 Å². The van der Waals surface area contributed by atoms with Gasteiger partial charge in [-0.15, -0.1) is 0 Å². The van der Waals surface area contributed by atoms with Gasteiger partial charge in [-0.3, -0.25) is 4.57 Å². The van der Waals surface area contributed by atoms with E-state index < -0.39 is 44.4 Å². The molecule has 0 bridgehead atoms. The Morgan fingerprint density at radius 2 is 1.51 bits per heavy atom. The summed E-state index contributed by atoms with van der Waals surface area (Å²) in [5, 5.41) is 21.3. The van der Waals surface area contributed by atoms with E-state index in [0.717, 1.165) is 16.7 Å². The van der Waals surface area contributed by atoms with E-state index in [1.54, 1.807) is 14.2 Å². The summed E-state index contributed by atoms with van der Waals surface area (Å²) >= 11 is 0. The first kappa shape index (κ1) is 39.8. The third-order valence-electron chi connectivity index (χ3n) is 8.95. The molecular weight excluding hydrogens is 697 g/mol. The number of rotatable bonds is 17. The van der Waals surface area contributed by atoms with Gasteiger partial charge < -0.3 is 38.8 Å². The van der Waals surface area contributed by atoms with E-state index in [9.17, 15) is 15.2 Å². The van der Waals surface area contributed by atoms with E-state index in [1.807, 2.05) is 107 Å². The highest BCUT2D eigenvalue weighted by Crippen LogP contribution is 2.50. The van der Waals surface area contributed by atoms with Crippen molar-refractivity contribution < 1.29 is 33.1 Å². The minimum absolute atomic E-state index is 0.00653. The topological polar surface area (TPSA) is 164 Å². The third kappa shape index (κ3) is 8.88. The number of nitrogens with zero attached hydrogens (tertiary/aromatic N) is 4. The van der Waals surface area contributed by atoms with Crippen molar-refractivity contribution in [2.24, 2.45) is 0 Å². The number of aliphatic hydroxyl groups excluding tert-OH is 1. The molecule has 0 amide bonds. The van der Waals surface area contributed by atoms with Crippen LogP contribution in [0.4, 0.5) is 5.82 Å². The lowest BCUT2D eigenvalue weighted by atomic mass is 9.80. The average molecular weight is 746 g/mol. The molecule has 0 saturated carbocycles. The summed E-state index contributed by atoms with van der Waals surface area (Å²) in [6, 6.07) is 28.6. The zero-order valence-corrected chi connectivity index (χ0v) is 31.8. The molecule has 1 aliphatic rings. The summed E-state index contributed by atoms with van der Waals surface area (Å²) in [5.74, 6) is 1.39. The molecule has 1 aromatic heterocycles. The Balaban J connectivity index is 1.62. The predicted molar refractivity (Wildman–Crippen MR) is 201 cm³/mol. The van der Waals surface area contributed by atoms with Crippen LogP contribution >= 0.6 is 8.53 Å². The van der Waals surface area contributed by atoms with E-state index in [4.69, 9.17) is 33.7 Å². The van der Waals surface area contributed by atoms with Crippen LogP contribution in [0.15, 0.2) is 95.9 Å². The summed E-state index contributed by atoms with van der Waals surface area (Å²) < 4.78 is 40.9. The maximum atomic E-state index is 13.1. The maximum absolute atomic E-state index is 13.1. The molecule has 1 aliphatic heterocycles. The molecular formula is C39H48N5O8P. The highest BCUT2D eigenvalue weighted by atomic mass is 31.2. The molecule has 0 radical (unpaired) electrons. The number of aromatic nitrogens is 2. The molecule has 5 rings (SSSR count). The highest BCUT2D eigenvalue weighted by Gasteiger charge is 2.50. The highest BCUT2D eigenvalue weighted by molar-refractivity contribution is 7.44. The molecule has 14 heteroatoms. The SMILES string of the molecule is COc1ccc(C(OC[C@H]2O[C@@H](n3ccc(N)nc3=O)[C@H](O)[C@@H]2OP(OCCC#N)N(C(C)C)C(C)C)(c2ccccc2)c2ccc(OC)cc2)cc1. The van der Waals surface area contributed by atoms with Crippen LogP contribution in [-0.4, -0.2) is 77.2 Å². The van der Waals surface area contributed by atoms with Gasteiger partial charge in [-0.25, -0.2) is 9.46 Å². The van der Waals surface area contributed by atoms with Crippen LogP contribution < -0.4 is 20.9 Å². The number of aliphatic hydroxyl groups is 1. The number of hydrogen-bond donors (Lipinski definition) is 2. The first-order valence-corrected chi connectivity index (χ1v) is 18.6. The molecule has 282 valence electrons. The Kier molecular flexibility index (Phi) is 13.6. The molecule has 5 atom stereocenters. The van der Waals surface area contributed by atoms with E-state index in [0.29, 0.717) is 11.5 Å². The zero-order chi connectivity index (χ0) is 38.1. The van der Waals surface area contributed by atoms with Gasteiger partial charge in [0.25, 0.3) is 8.53 Å². The predicted octanol–water partition coefficient (Wildman–Crippen LogP) is 5.77. The molecule has 3 N–H and O–H groups in total. The summed E-state index contributed by atoms with van der Waals surface area (Å²) in [5.41, 5.74) is 6.33. The second-order valence-corrected chi connectivity index (χ2v) is 14.4. The second-order valence-electron chi connectivity index (χ2n) is 13.0. The van der Waals surface area contributed by atoms with Crippen molar-refractivity contribution in [3.63, 3.8) is 0 Å². The van der Waals surface area contributed by atoms with E-state index in [-0.39, 0.29) is 37.5 Å². The van der Waals surface area contributed by atoms with E-state index in [1.165, 1.54) is 16.8 Å². The Labute approximate surface area is 311 Å². The minimum atomic E-state index is -1.83. The monoisotopic (exact) mass is 745 g/mol. The smallest absolute Gasteiger partial charge is 0.351 e. The van der Waals surface area contributed by atoms with Crippen LogP contribution in [0.1, 0.15) is 57.0 Å². The van der Waals surface area contributed by atoms with Gasteiger partial charge in [-0.2, -0.15) is 10.2 Å². The molecule has 3 aromatic carbocycles. The molecule has 2 heterocycles. The Morgan fingerprint density at radius 1 is 0.943 bits per heavy atom. The molecule has 1 fully saturated rings. The van der Waals surface area contributed by atoms with Crippen molar-refractivity contribution in [2.45, 2.75) is 76.3 Å². The van der Waals surface area contributed by atoms with Crippen molar-refractivity contribution in [1.82, 2.24) is 14.2 Å². The third-order valence-corrected chi connectivity index (χ3v) is 11.1. The lowest BCUT2D eigenvalue weighted by molar-refractivity contribution is -0.0946. The first-order valence-electron chi connectivity index (χ1n) is 17.5. The van der Waals surface area contributed by atoms with Gasteiger partial charge >= 0.3 is 5.69 Å². The summed E-state index contributed by atoms with van der Waals surface area (Å²) in [7, 11) is 1.40. The first-order chi connectivity index (χ1) is 25.5. The summed E-state index contributed by atoms with van der Waals surface area (Å²) in [6.45, 7) is 8.11. The standard InChI is InChI=1S/C39H48N5O8P/c1-26(2)44(27(3)4)53(50-24-10-22-40)52-36-33(51-37(35(36)45)43-23-21-34(41)42-38(43)46)25-49-39(28-11-8-7-9-12-28,29-13-17-31(47-5)18-14-29)30-15-19-32(48-6)20-16-30/h7-9,11-21,23,26-27,33,35-37,45H,10,24-25H2,1-6H3,(H2,41,42,46)/t33-,35-,36-,37-,53?/m1/s1. The van der Waals surface area contributed by atoms with Crippen LogP contribution in [-0.2, 0) is 24.1 Å². The molecule has 13 nitrogen and oxygen atoms in total. The van der Waals surface area contributed by atoms with Crippen molar-refractivity contribution in [2.75, 3.05) is 33.2 Å². The average Bonchev–Trinajstić information content (AvgIpc) is 3.46. The fourth-order valence-electron chi connectivity index (χ4n) is 6.51. The largest absolute Gasteiger partial charge is 0.497 e. The molecule has 1 saturated heterocycles. The number of nitrogens with two attached hydrogens (primary N) is 1. The summed E-state index contributed by atoms with van der Waals surface area (Å²) in [4.78, 5) is 16.9. The molecule has 0 spiro atoms. The van der Waals surface area contributed by atoms with Gasteiger partial charge in [0.05, 0.1) is 39.9 Å². The van der Waals surface area contributed by atoms with Gasteiger partial charge in [0.15, 0.2) is 6.23 Å². The van der Waals surface area contributed by atoms with Crippen molar-refractivity contribution in [3.8, 4) is 17.6 Å². The van der Waals surface area contributed by atoms with Gasteiger partial charge in [0.2, 0.25) is 0 Å². The number of ether oxygens (including phenoxy) is 4. The summed E-state index contributed by atoms with van der Waals surface area (Å²) in [6.07, 6.45) is -2.93. The maximum Gasteiger partial charge on any atom is 0.351 e. The Morgan fingerprint density at radius 3 is 2.02 bits per heavy atom. The fourth-order valence-corrected chi connectivity index (χ4v) is 8.29. The normalized spacial score (nSPS) is 19.4. The Hall–Kier alpha value is -4.38. The van der Waals surface area contributed by atoms with Gasteiger partial charge in [-0.1, -0.05) is 54.6 Å². The lowest BCUT2D eigenvalue weighted by Gasteiger charge is -2.39. The number of nitrogen functional groups attached to an aromatic ring is 1. The van der Waals surface area contributed by atoms with Crippen LogP contribution in [0.5, 0.6) is 11.5 Å². The number of hydrogen-bond acceptors (Lipinski definition) is 12. The number of nitriles is 1. The molecule has 4 aromatic rings. The fraction of sp³-hybridized carbons (Fsp3) is 0.410. The quantitative estimate of drug-likeness (QED) is 0.0763. The lowest BCUT2D eigenvalue weighted by Crippen LogP contribution is -2.42. The zero-order valence-electron chi connectivity index (χ0n) is 30.9. The molecule has 0 aliphatic carbocycles. The Bertz CT molecular complexity index is 1800. The van der Waals surface area contributed by atoms with Crippen molar-refractivity contribution in [1.29, 1.82) is 5.26 Å². The van der Waals surface area contributed by atoms with Gasteiger partial charge in [-0.05, 0) is 74.7 Å². The number of anilines is 1. The minimum Gasteiger partial charge on any atom is -0.497 e. The molecule has 53 heavy (non-hydrogen) atoms. The van der Waals surface area contributed by atoms with E-state index >= 15 is 0 Å². The number of methoxy groups -OCH3 is 2. The number of benzene rings is 3. The van der Waals surface area contributed by atoms with Crippen LogP contribution in [0.3, 0.4) is 0 Å². The second kappa shape index (κ2) is 18.1. The molecule has 1 unspecified atom stereocenters. The van der Waals surface area contributed by atoms with Crippen LogP contribution in [0.2, 0.25) is 0 Å². The van der Waals surface area contributed by atoms with Gasteiger partial charge in [0, 0.05) is 18.3 Å².